The maximum atomic E-state index is 9.60. The quantitative estimate of drug-likeness (QED) is 0.845. The van der Waals surface area contributed by atoms with E-state index in [1.54, 1.807) is 6.07 Å². The van der Waals surface area contributed by atoms with Crippen LogP contribution < -0.4 is 5.32 Å². The van der Waals surface area contributed by atoms with Gasteiger partial charge in [-0.05, 0) is 46.9 Å². The lowest BCUT2D eigenvalue weighted by Crippen LogP contribution is -1.99. The van der Waals surface area contributed by atoms with E-state index < -0.39 is 0 Å². The van der Waals surface area contributed by atoms with E-state index in [1.165, 1.54) is 3.57 Å². The summed E-state index contributed by atoms with van der Waals surface area (Å²) in [6.07, 6.45) is 0. The third-order valence-corrected chi connectivity index (χ3v) is 2.97. The van der Waals surface area contributed by atoms with E-state index in [0.29, 0.717) is 12.3 Å². The predicted octanol–water partition coefficient (Wildman–Crippen LogP) is 3.61. The zero-order chi connectivity index (χ0) is 11.4. The smallest absolute Gasteiger partial charge is 0.120 e. The van der Waals surface area contributed by atoms with Gasteiger partial charge in [-0.2, -0.15) is 0 Å². The SMILES string of the molecule is Oc1ccccc1CNc1cccc(I)c1. The summed E-state index contributed by atoms with van der Waals surface area (Å²) >= 11 is 2.28. The standard InChI is InChI=1S/C13H12INO/c14-11-5-3-6-12(8-11)15-9-10-4-1-2-7-13(10)16/h1-8,15-16H,9H2. The van der Waals surface area contributed by atoms with Crippen molar-refractivity contribution in [2.24, 2.45) is 0 Å². The topological polar surface area (TPSA) is 32.3 Å². The van der Waals surface area contributed by atoms with Gasteiger partial charge in [0.15, 0.2) is 0 Å². The van der Waals surface area contributed by atoms with Gasteiger partial charge in [0.25, 0.3) is 0 Å². The molecule has 0 radical (unpaired) electrons. The van der Waals surface area contributed by atoms with E-state index >= 15 is 0 Å². The summed E-state index contributed by atoms with van der Waals surface area (Å²) in [4.78, 5) is 0. The summed E-state index contributed by atoms with van der Waals surface area (Å²) in [6, 6.07) is 15.5. The zero-order valence-electron chi connectivity index (χ0n) is 8.65. The molecule has 0 aromatic heterocycles. The molecule has 2 aromatic carbocycles. The van der Waals surface area contributed by atoms with Crippen LogP contribution in [0, 0.1) is 3.57 Å². The van der Waals surface area contributed by atoms with Crippen LogP contribution in [0.15, 0.2) is 48.5 Å². The Bertz CT molecular complexity index is 485. The van der Waals surface area contributed by atoms with Crippen LogP contribution in [0.1, 0.15) is 5.56 Å². The van der Waals surface area contributed by atoms with Gasteiger partial charge < -0.3 is 10.4 Å². The Balaban J connectivity index is 2.05. The van der Waals surface area contributed by atoms with E-state index in [-0.39, 0.29) is 0 Å². The first kappa shape index (κ1) is 11.3. The number of phenolic OH excluding ortho intramolecular Hbond substituents is 1. The van der Waals surface area contributed by atoms with E-state index in [1.807, 2.05) is 36.4 Å². The molecule has 0 amide bonds. The number of anilines is 1. The Morgan fingerprint density at radius 2 is 1.88 bits per heavy atom. The van der Waals surface area contributed by atoms with Crippen LogP contribution in [-0.2, 0) is 6.54 Å². The van der Waals surface area contributed by atoms with Crippen LogP contribution in [0.3, 0.4) is 0 Å². The van der Waals surface area contributed by atoms with Crippen molar-refractivity contribution in [3.63, 3.8) is 0 Å². The van der Waals surface area contributed by atoms with E-state index in [9.17, 15) is 5.11 Å². The molecular formula is C13H12INO. The molecular weight excluding hydrogens is 313 g/mol. The maximum absolute atomic E-state index is 9.60. The first-order valence-electron chi connectivity index (χ1n) is 5.02. The van der Waals surface area contributed by atoms with Gasteiger partial charge in [0.2, 0.25) is 0 Å². The molecule has 0 bridgehead atoms. The average Bonchev–Trinajstić information content (AvgIpc) is 2.28. The summed E-state index contributed by atoms with van der Waals surface area (Å²) < 4.78 is 1.19. The number of phenols is 1. The Hall–Kier alpha value is -1.23. The van der Waals surface area contributed by atoms with Gasteiger partial charge in [0.05, 0.1) is 0 Å². The summed E-state index contributed by atoms with van der Waals surface area (Å²) in [6.45, 7) is 0.632. The van der Waals surface area contributed by atoms with Crippen molar-refractivity contribution >= 4 is 28.3 Å². The van der Waals surface area contributed by atoms with Crippen molar-refractivity contribution in [2.45, 2.75) is 6.54 Å². The molecule has 0 aliphatic heterocycles. The Kier molecular flexibility index (Phi) is 3.66. The fourth-order valence-electron chi connectivity index (χ4n) is 1.46. The van der Waals surface area contributed by atoms with Crippen LogP contribution in [0.25, 0.3) is 0 Å². The number of para-hydroxylation sites is 1. The maximum Gasteiger partial charge on any atom is 0.120 e. The minimum absolute atomic E-state index is 0.334. The van der Waals surface area contributed by atoms with E-state index in [0.717, 1.165) is 11.3 Å². The first-order valence-corrected chi connectivity index (χ1v) is 6.10. The normalized spacial score (nSPS) is 10.1. The number of halogens is 1. The number of benzene rings is 2. The molecule has 0 saturated heterocycles. The highest BCUT2D eigenvalue weighted by Gasteiger charge is 1.99. The van der Waals surface area contributed by atoms with Crippen molar-refractivity contribution in [3.05, 3.63) is 57.7 Å². The Morgan fingerprint density at radius 1 is 1.06 bits per heavy atom. The van der Waals surface area contributed by atoms with Gasteiger partial charge in [-0.25, -0.2) is 0 Å². The Morgan fingerprint density at radius 3 is 2.62 bits per heavy atom. The molecule has 0 heterocycles. The van der Waals surface area contributed by atoms with Gasteiger partial charge in [-0.15, -0.1) is 0 Å². The molecule has 2 nitrogen and oxygen atoms in total. The number of rotatable bonds is 3. The van der Waals surface area contributed by atoms with Gasteiger partial charge in [-0.1, -0.05) is 24.3 Å². The van der Waals surface area contributed by atoms with Gasteiger partial charge in [0.1, 0.15) is 5.75 Å². The minimum Gasteiger partial charge on any atom is -0.508 e. The van der Waals surface area contributed by atoms with Crippen LogP contribution >= 0.6 is 22.6 Å². The molecule has 0 saturated carbocycles. The number of hydrogen-bond donors (Lipinski definition) is 2. The fourth-order valence-corrected chi connectivity index (χ4v) is 2.00. The molecule has 82 valence electrons. The lowest BCUT2D eigenvalue weighted by molar-refractivity contribution is 0.469. The molecule has 2 rings (SSSR count). The lowest BCUT2D eigenvalue weighted by Gasteiger charge is -2.08. The summed E-state index contributed by atoms with van der Waals surface area (Å²) in [7, 11) is 0. The molecule has 0 aliphatic carbocycles. The largest absolute Gasteiger partial charge is 0.508 e. The highest BCUT2D eigenvalue weighted by molar-refractivity contribution is 14.1. The average molecular weight is 325 g/mol. The molecule has 0 spiro atoms. The van der Waals surface area contributed by atoms with Crippen LogP contribution in [0.4, 0.5) is 5.69 Å². The van der Waals surface area contributed by atoms with E-state index in [4.69, 9.17) is 0 Å². The van der Waals surface area contributed by atoms with Crippen molar-refractivity contribution in [1.29, 1.82) is 0 Å². The first-order chi connectivity index (χ1) is 7.75. The molecule has 16 heavy (non-hydrogen) atoms. The monoisotopic (exact) mass is 325 g/mol. The van der Waals surface area contributed by atoms with Gasteiger partial charge in [-0.3, -0.25) is 0 Å². The second kappa shape index (κ2) is 5.21. The van der Waals surface area contributed by atoms with Crippen molar-refractivity contribution < 1.29 is 5.11 Å². The third kappa shape index (κ3) is 2.88. The third-order valence-electron chi connectivity index (χ3n) is 2.30. The van der Waals surface area contributed by atoms with Crippen LogP contribution in [-0.4, -0.2) is 5.11 Å². The molecule has 0 atom stereocenters. The number of aromatic hydroxyl groups is 1. The van der Waals surface area contributed by atoms with Crippen molar-refractivity contribution in [3.8, 4) is 5.75 Å². The molecule has 3 heteroatoms. The van der Waals surface area contributed by atoms with E-state index in [2.05, 4.69) is 34.0 Å². The Labute approximate surface area is 108 Å². The summed E-state index contributed by atoms with van der Waals surface area (Å²) in [5.41, 5.74) is 1.97. The second-order valence-electron chi connectivity index (χ2n) is 3.49. The van der Waals surface area contributed by atoms with Crippen LogP contribution in [0.2, 0.25) is 0 Å². The molecule has 2 N–H and O–H groups in total. The summed E-state index contributed by atoms with van der Waals surface area (Å²) in [5.74, 6) is 0.334. The predicted molar refractivity (Wildman–Crippen MR) is 74.6 cm³/mol. The van der Waals surface area contributed by atoms with Gasteiger partial charge in [0, 0.05) is 21.4 Å². The second-order valence-corrected chi connectivity index (χ2v) is 4.74. The fraction of sp³-hybridized carbons (Fsp3) is 0.0769. The van der Waals surface area contributed by atoms with Gasteiger partial charge >= 0.3 is 0 Å². The number of hydrogen-bond acceptors (Lipinski definition) is 2. The lowest BCUT2D eigenvalue weighted by atomic mass is 10.2. The highest BCUT2D eigenvalue weighted by Crippen LogP contribution is 2.18. The molecule has 0 fully saturated rings. The molecule has 0 aliphatic rings. The summed E-state index contributed by atoms with van der Waals surface area (Å²) in [5, 5.41) is 12.9. The van der Waals surface area contributed by atoms with Crippen molar-refractivity contribution in [2.75, 3.05) is 5.32 Å². The molecule has 2 aromatic rings. The zero-order valence-corrected chi connectivity index (χ0v) is 10.8. The molecule has 0 unspecified atom stereocenters. The van der Waals surface area contributed by atoms with Crippen LogP contribution in [0.5, 0.6) is 5.75 Å². The van der Waals surface area contributed by atoms with Crippen molar-refractivity contribution in [1.82, 2.24) is 0 Å². The highest BCUT2D eigenvalue weighted by atomic mass is 127. The minimum atomic E-state index is 0.334. The number of nitrogens with one attached hydrogen (secondary N) is 1.